The number of aliphatic imine (C=N–C) groups is 1. The van der Waals surface area contributed by atoms with Crippen molar-refractivity contribution < 1.29 is 4.74 Å². The fourth-order valence-electron chi connectivity index (χ4n) is 3.23. The second kappa shape index (κ2) is 11.8. The number of guanidine groups is 1. The molecule has 1 heterocycles. The van der Waals surface area contributed by atoms with E-state index in [1.54, 1.807) is 0 Å². The minimum absolute atomic E-state index is 0. The first-order valence-electron chi connectivity index (χ1n) is 8.51. The van der Waals surface area contributed by atoms with Crippen molar-refractivity contribution >= 4 is 41.7 Å². The summed E-state index contributed by atoms with van der Waals surface area (Å²) in [4.78, 5) is 6.87. The number of nitrogens with one attached hydrogen (secondary N) is 2. The van der Waals surface area contributed by atoms with E-state index in [1.807, 2.05) is 18.8 Å². The van der Waals surface area contributed by atoms with Crippen LogP contribution in [-0.4, -0.2) is 74.8 Å². The van der Waals surface area contributed by atoms with Gasteiger partial charge in [-0.15, -0.1) is 24.0 Å². The Morgan fingerprint density at radius 1 is 1.35 bits per heavy atom. The molecule has 1 aliphatic heterocycles. The highest BCUT2D eigenvalue weighted by Crippen LogP contribution is 2.27. The largest absolute Gasteiger partial charge is 0.379 e. The van der Waals surface area contributed by atoms with E-state index in [4.69, 9.17) is 4.74 Å². The van der Waals surface area contributed by atoms with Crippen molar-refractivity contribution in [2.45, 2.75) is 37.5 Å². The molecular weight excluding hydrogens is 423 g/mol. The lowest BCUT2D eigenvalue weighted by atomic mass is 10.1. The maximum atomic E-state index is 5.40. The summed E-state index contributed by atoms with van der Waals surface area (Å²) in [5.74, 6) is 1.57. The summed E-state index contributed by atoms with van der Waals surface area (Å²) < 4.78 is 5.40. The number of nitrogens with zero attached hydrogens (tertiary/aromatic N) is 2. The number of morpholine rings is 1. The van der Waals surface area contributed by atoms with Crippen LogP contribution in [-0.2, 0) is 4.74 Å². The number of halogens is 1. The summed E-state index contributed by atoms with van der Waals surface area (Å²) in [7, 11) is 1.86. The van der Waals surface area contributed by atoms with Crippen molar-refractivity contribution in [3.8, 4) is 0 Å². The van der Waals surface area contributed by atoms with Crippen LogP contribution >= 0.6 is 35.7 Å². The van der Waals surface area contributed by atoms with Crippen molar-refractivity contribution in [2.75, 3.05) is 52.7 Å². The molecule has 1 aliphatic carbocycles. The Kier molecular flexibility index (Phi) is 10.9. The first-order chi connectivity index (χ1) is 10.7. The first kappa shape index (κ1) is 21.3. The van der Waals surface area contributed by atoms with Gasteiger partial charge >= 0.3 is 0 Å². The predicted octanol–water partition coefficient (Wildman–Crippen LogP) is 2.02. The van der Waals surface area contributed by atoms with E-state index < -0.39 is 0 Å². The van der Waals surface area contributed by atoms with Gasteiger partial charge in [0.2, 0.25) is 0 Å². The standard InChI is InChI=1S/C16H32N4OS.HI/c1-13(12-20-6-8-21-9-7-20)11-18-16(17-2)19-14-4-5-15(10-14)22-3;/h13-15H,4-12H2,1-3H3,(H2,17,18,19);1H. The molecule has 0 aromatic heterocycles. The molecule has 0 spiro atoms. The molecule has 5 nitrogen and oxygen atoms in total. The Bertz CT molecular complexity index is 353. The van der Waals surface area contributed by atoms with Gasteiger partial charge in [-0.05, 0) is 31.4 Å². The van der Waals surface area contributed by atoms with Crippen LogP contribution in [0.1, 0.15) is 26.2 Å². The quantitative estimate of drug-likeness (QED) is 0.364. The number of hydrogen-bond acceptors (Lipinski definition) is 4. The molecule has 7 heteroatoms. The molecule has 0 radical (unpaired) electrons. The van der Waals surface area contributed by atoms with Crippen LogP contribution in [0, 0.1) is 5.92 Å². The normalized spacial score (nSPS) is 27.3. The molecule has 3 atom stereocenters. The van der Waals surface area contributed by atoms with Crippen molar-refractivity contribution in [1.29, 1.82) is 0 Å². The lowest BCUT2D eigenvalue weighted by molar-refractivity contribution is 0.0320. The highest BCUT2D eigenvalue weighted by Gasteiger charge is 2.24. The molecule has 0 aromatic carbocycles. The van der Waals surface area contributed by atoms with Gasteiger partial charge in [0.1, 0.15) is 0 Å². The summed E-state index contributed by atoms with van der Waals surface area (Å²) in [6, 6.07) is 0.582. The molecule has 3 unspecified atom stereocenters. The Morgan fingerprint density at radius 3 is 2.70 bits per heavy atom. The zero-order valence-corrected chi connectivity index (χ0v) is 17.9. The molecule has 1 saturated carbocycles. The van der Waals surface area contributed by atoms with Gasteiger partial charge in [0, 0.05) is 44.5 Å². The third kappa shape index (κ3) is 7.79. The average molecular weight is 456 g/mol. The van der Waals surface area contributed by atoms with Crippen LogP contribution in [0.2, 0.25) is 0 Å². The van der Waals surface area contributed by atoms with E-state index in [0.717, 1.165) is 50.6 Å². The summed E-state index contributed by atoms with van der Waals surface area (Å²) in [6.07, 6.45) is 6.05. The molecule has 0 aromatic rings. The van der Waals surface area contributed by atoms with Crippen LogP contribution < -0.4 is 10.6 Å². The van der Waals surface area contributed by atoms with Gasteiger partial charge in [-0.1, -0.05) is 6.92 Å². The topological polar surface area (TPSA) is 48.9 Å². The Labute approximate surface area is 162 Å². The summed E-state index contributed by atoms with van der Waals surface area (Å²) >= 11 is 1.99. The predicted molar refractivity (Wildman–Crippen MR) is 111 cm³/mol. The fourth-order valence-corrected chi connectivity index (χ4v) is 4.03. The van der Waals surface area contributed by atoms with Crippen LogP contribution in [0.15, 0.2) is 4.99 Å². The molecule has 2 fully saturated rings. The maximum Gasteiger partial charge on any atom is 0.191 e. The molecule has 2 rings (SSSR count). The van der Waals surface area contributed by atoms with Gasteiger partial charge in [-0.2, -0.15) is 11.8 Å². The molecule has 1 saturated heterocycles. The zero-order chi connectivity index (χ0) is 15.8. The van der Waals surface area contributed by atoms with Crippen molar-refractivity contribution in [3.63, 3.8) is 0 Å². The molecule has 23 heavy (non-hydrogen) atoms. The SMILES string of the molecule is CN=C(NCC(C)CN1CCOCC1)NC1CCC(SC)C1.I. The van der Waals surface area contributed by atoms with Crippen LogP contribution in [0.25, 0.3) is 0 Å². The van der Waals surface area contributed by atoms with Crippen molar-refractivity contribution in [2.24, 2.45) is 10.9 Å². The monoisotopic (exact) mass is 456 g/mol. The zero-order valence-electron chi connectivity index (χ0n) is 14.7. The Morgan fingerprint density at radius 2 is 2.09 bits per heavy atom. The highest BCUT2D eigenvalue weighted by atomic mass is 127. The second-order valence-corrected chi connectivity index (χ2v) is 7.62. The van der Waals surface area contributed by atoms with Gasteiger partial charge in [-0.3, -0.25) is 9.89 Å². The number of hydrogen-bond donors (Lipinski definition) is 2. The van der Waals surface area contributed by atoms with Crippen LogP contribution in [0.3, 0.4) is 0 Å². The molecule has 136 valence electrons. The number of rotatable bonds is 6. The van der Waals surface area contributed by atoms with Crippen LogP contribution in [0.4, 0.5) is 0 Å². The smallest absolute Gasteiger partial charge is 0.191 e. The number of ether oxygens (including phenoxy) is 1. The van der Waals surface area contributed by atoms with E-state index in [9.17, 15) is 0 Å². The molecule has 0 amide bonds. The van der Waals surface area contributed by atoms with E-state index in [0.29, 0.717) is 12.0 Å². The third-order valence-electron chi connectivity index (χ3n) is 4.57. The molecule has 0 bridgehead atoms. The minimum Gasteiger partial charge on any atom is -0.379 e. The summed E-state index contributed by atoms with van der Waals surface area (Å²) in [5.41, 5.74) is 0. The lowest BCUT2D eigenvalue weighted by Gasteiger charge is -2.29. The molecule has 2 aliphatic rings. The highest BCUT2D eigenvalue weighted by molar-refractivity contribution is 14.0. The number of thioether (sulfide) groups is 1. The molecular formula is C16H33IN4OS. The maximum absolute atomic E-state index is 5.40. The van der Waals surface area contributed by atoms with Gasteiger partial charge in [0.25, 0.3) is 0 Å². The van der Waals surface area contributed by atoms with Crippen molar-refractivity contribution in [3.05, 3.63) is 0 Å². The van der Waals surface area contributed by atoms with Crippen LogP contribution in [0.5, 0.6) is 0 Å². The molecule has 2 N–H and O–H groups in total. The first-order valence-corrected chi connectivity index (χ1v) is 9.80. The van der Waals surface area contributed by atoms with Gasteiger partial charge < -0.3 is 15.4 Å². The summed E-state index contributed by atoms with van der Waals surface area (Å²) in [5, 5.41) is 7.89. The third-order valence-corrected chi connectivity index (χ3v) is 5.67. The minimum atomic E-state index is 0. The summed E-state index contributed by atoms with van der Waals surface area (Å²) in [6.45, 7) is 8.28. The Hall–Kier alpha value is 0.270. The average Bonchev–Trinajstić information content (AvgIpc) is 3.00. The van der Waals surface area contributed by atoms with Gasteiger partial charge in [0.15, 0.2) is 5.96 Å². The van der Waals surface area contributed by atoms with Gasteiger partial charge in [-0.25, -0.2) is 0 Å². The van der Waals surface area contributed by atoms with E-state index in [-0.39, 0.29) is 24.0 Å². The van der Waals surface area contributed by atoms with E-state index in [2.05, 4.69) is 33.7 Å². The van der Waals surface area contributed by atoms with Crippen molar-refractivity contribution in [1.82, 2.24) is 15.5 Å². The Balaban J connectivity index is 0.00000264. The van der Waals surface area contributed by atoms with E-state index >= 15 is 0 Å². The van der Waals surface area contributed by atoms with Gasteiger partial charge in [0.05, 0.1) is 13.2 Å². The lowest BCUT2D eigenvalue weighted by Crippen LogP contribution is -2.46. The fraction of sp³-hybridized carbons (Fsp3) is 0.938. The van der Waals surface area contributed by atoms with E-state index in [1.165, 1.54) is 19.3 Å². The second-order valence-electron chi connectivity index (χ2n) is 6.48.